The van der Waals surface area contributed by atoms with Crippen molar-refractivity contribution in [1.82, 2.24) is 23.7 Å². The molecule has 0 spiro atoms. The Morgan fingerprint density at radius 3 is 2.51 bits per heavy atom. The summed E-state index contributed by atoms with van der Waals surface area (Å²) in [5.74, 6) is -3.79. The average Bonchev–Trinajstić information content (AvgIpc) is 3.35. The molecule has 0 amide bonds. The zero-order valence-corrected chi connectivity index (χ0v) is 21.5. The summed E-state index contributed by atoms with van der Waals surface area (Å²) in [4.78, 5) is 36.1. The second-order valence-corrected chi connectivity index (χ2v) is 9.93. The molecule has 12 heteroatoms. The van der Waals surface area contributed by atoms with Gasteiger partial charge in [-0.05, 0) is 50.1 Å². The highest BCUT2D eigenvalue weighted by Gasteiger charge is 2.57. The highest BCUT2D eigenvalue weighted by molar-refractivity contribution is 5.78. The number of alkyl halides is 2. The normalized spacial score (nSPS) is 16.2. The Hall–Kier alpha value is -3.93. The lowest BCUT2D eigenvalue weighted by molar-refractivity contribution is 0.0850. The maximum Gasteiger partial charge on any atom is 0.332 e. The van der Waals surface area contributed by atoms with Crippen molar-refractivity contribution in [2.24, 2.45) is 5.92 Å². The fraction of sp³-hybridized carbons (Fsp3) is 0.407. The van der Waals surface area contributed by atoms with Gasteiger partial charge in [-0.3, -0.25) is 13.9 Å². The number of hydrogen-bond donors (Lipinski definition) is 1. The zero-order chi connectivity index (χ0) is 27.9. The third-order valence-electron chi connectivity index (χ3n) is 6.76. The first kappa shape index (κ1) is 26.7. The average molecular weight is 544 g/mol. The standard InChI is InChI=1S/C27H28F3N5O4/c1-16(2)35-23-21(25(37)33(26(35)38)11-4-12-36)34(14-17-6-8-19(28)9-7-17)22(32-23)20-5-3-10-31-24(20)39-15-18-13-27(18,29)30/h3,5-10,16,18,36H,4,11-15H2,1-2H3/t18-/m0/s1. The number of pyridine rings is 1. The van der Waals surface area contributed by atoms with Crippen LogP contribution in [0.4, 0.5) is 13.2 Å². The fourth-order valence-corrected chi connectivity index (χ4v) is 4.58. The first-order valence-corrected chi connectivity index (χ1v) is 12.7. The van der Waals surface area contributed by atoms with E-state index in [0.717, 1.165) is 4.57 Å². The SMILES string of the molecule is CC(C)n1c(=O)n(CCCO)c(=O)c2c1nc(-c1cccnc1OC[C@@H]1CC1(F)F)n2Cc1ccc(F)cc1. The van der Waals surface area contributed by atoms with Gasteiger partial charge < -0.3 is 14.4 Å². The Labute approximate surface area is 221 Å². The molecule has 0 saturated heterocycles. The maximum atomic E-state index is 13.7. The number of aliphatic hydroxyl groups excluding tert-OH is 1. The molecule has 0 unspecified atom stereocenters. The van der Waals surface area contributed by atoms with Gasteiger partial charge in [-0.1, -0.05) is 12.1 Å². The van der Waals surface area contributed by atoms with Gasteiger partial charge in [0.15, 0.2) is 11.2 Å². The topological polar surface area (TPSA) is 104 Å². The summed E-state index contributed by atoms with van der Waals surface area (Å²) < 4.78 is 50.4. The minimum absolute atomic E-state index is 0.00470. The van der Waals surface area contributed by atoms with E-state index in [9.17, 15) is 27.9 Å². The van der Waals surface area contributed by atoms with Crippen molar-refractivity contribution in [3.8, 4) is 17.3 Å². The lowest BCUT2D eigenvalue weighted by atomic mass is 10.2. The van der Waals surface area contributed by atoms with Gasteiger partial charge in [0.05, 0.1) is 18.1 Å². The molecule has 5 rings (SSSR count). The molecule has 39 heavy (non-hydrogen) atoms. The number of aromatic nitrogens is 5. The van der Waals surface area contributed by atoms with Gasteiger partial charge in [-0.25, -0.2) is 27.9 Å². The molecule has 1 aromatic carbocycles. The summed E-state index contributed by atoms with van der Waals surface area (Å²) in [6.07, 6.45) is 1.40. The van der Waals surface area contributed by atoms with Gasteiger partial charge in [0.25, 0.3) is 11.5 Å². The molecule has 9 nitrogen and oxygen atoms in total. The van der Waals surface area contributed by atoms with Crippen LogP contribution in [-0.4, -0.2) is 47.9 Å². The molecule has 0 radical (unpaired) electrons. The molecule has 3 heterocycles. The van der Waals surface area contributed by atoms with Crippen molar-refractivity contribution >= 4 is 11.2 Å². The molecule has 3 aromatic heterocycles. The van der Waals surface area contributed by atoms with Crippen LogP contribution in [-0.2, 0) is 13.1 Å². The predicted octanol–water partition coefficient (Wildman–Crippen LogP) is 3.61. The number of halogens is 3. The Bertz CT molecular complexity index is 1630. The van der Waals surface area contributed by atoms with Crippen LogP contribution in [0.3, 0.4) is 0 Å². The number of benzene rings is 1. The van der Waals surface area contributed by atoms with Crippen LogP contribution in [0.25, 0.3) is 22.6 Å². The smallest absolute Gasteiger partial charge is 0.332 e. The Balaban J connectivity index is 1.74. The van der Waals surface area contributed by atoms with Gasteiger partial charge >= 0.3 is 5.69 Å². The summed E-state index contributed by atoms with van der Waals surface area (Å²) in [6, 6.07) is 8.65. The first-order valence-electron chi connectivity index (χ1n) is 12.7. The minimum Gasteiger partial charge on any atom is -0.477 e. The van der Waals surface area contributed by atoms with Gasteiger partial charge in [0, 0.05) is 38.4 Å². The zero-order valence-electron chi connectivity index (χ0n) is 21.5. The molecule has 4 aromatic rings. The first-order chi connectivity index (χ1) is 18.6. The van der Waals surface area contributed by atoms with E-state index < -0.39 is 28.9 Å². The summed E-state index contributed by atoms with van der Waals surface area (Å²) in [5, 5.41) is 9.34. The van der Waals surface area contributed by atoms with Crippen molar-refractivity contribution < 1.29 is 23.0 Å². The highest BCUT2D eigenvalue weighted by Crippen LogP contribution is 2.48. The van der Waals surface area contributed by atoms with Gasteiger partial charge in [-0.2, -0.15) is 0 Å². The Morgan fingerprint density at radius 1 is 1.15 bits per heavy atom. The van der Waals surface area contributed by atoms with Gasteiger partial charge in [0.2, 0.25) is 5.88 Å². The van der Waals surface area contributed by atoms with Crippen LogP contribution in [0, 0.1) is 11.7 Å². The molecule has 1 saturated carbocycles. The predicted molar refractivity (Wildman–Crippen MR) is 138 cm³/mol. The second kappa shape index (κ2) is 10.3. The summed E-state index contributed by atoms with van der Waals surface area (Å²) in [6.45, 7) is 3.23. The molecule has 0 aliphatic heterocycles. The van der Waals surface area contributed by atoms with E-state index in [1.807, 2.05) is 0 Å². The van der Waals surface area contributed by atoms with Crippen molar-refractivity contribution in [2.75, 3.05) is 13.2 Å². The quantitative estimate of drug-likeness (QED) is 0.328. The van der Waals surface area contributed by atoms with Crippen LogP contribution in [0.5, 0.6) is 5.88 Å². The number of ether oxygens (including phenoxy) is 1. The van der Waals surface area contributed by atoms with E-state index in [-0.39, 0.29) is 68.1 Å². The monoisotopic (exact) mass is 543 g/mol. The fourth-order valence-electron chi connectivity index (χ4n) is 4.58. The lowest BCUT2D eigenvalue weighted by Crippen LogP contribution is -2.41. The molecule has 1 N–H and O–H groups in total. The number of imidazole rings is 1. The summed E-state index contributed by atoms with van der Waals surface area (Å²) in [7, 11) is 0. The van der Waals surface area contributed by atoms with E-state index >= 15 is 0 Å². The molecule has 206 valence electrons. The Kier molecular flexibility index (Phi) is 7.06. The van der Waals surface area contributed by atoms with E-state index in [1.165, 1.54) is 22.9 Å². The summed E-state index contributed by atoms with van der Waals surface area (Å²) in [5.41, 5.74) is 0.121. The summed E-state index contributed by atoms with van der Waals surface area (Å²) >= 11 is 0. The lowest BCUT2D eigenvalue weighted by Gasteiger charge is -2.15. The molecular formula is C27H28F3N5O4. The number of nitrogens with zero attached hydrogens (tertiary/aromatic N) is 5. The van der Waals surface area contributed by atoms with Crippen LogP contribution >= 0.6 is 0 Å². The Morgan fingerprint density at radius 2 is 1.87 bits per heavy atom. The molecule has 1 aliphatic rings. The molecular weight excluding hydrogens is 515 g/mol. The third-order valence-corrected chi connectivity index (χ3v) is 6.76. The number of aliphatic hydroxyl groups is 1. The molecule has 1 aliphatic carbocycles. The van der Waals surface area contributed by atoms with Crippen molar-refractivity contribution in [1.29, 1.82) is 0 Å². The van der Waals surface area contributed by atoms with Crippen molar-refractivity contribution in [3.63, 3.8) is 0 Å². The second-order valence-electron chi connectivity index (χ2n) is 9.93. The van der Waals surface area contributed by atoms with Crippen LogP contribution in [0.15, 0.2) is 52.2 Å². The van der Waals surface area contributed by atoms with Crippen LogP contribution in [0.1, 0.15) is 38.3 Å². The minimum atomic E-state index is -2.77. The van der Waals surface area contributed by atoms with Crippen LogP contribution < -0.4 is 16.0 Å². The third kappa shape index (κ3) is 5.08. The van der Waals surface area contributed by atoms with Crippen LogP contribution in [0.2, 0.25) is 0 Å². The van der Waals surface area contributed by atoms with E-state index in [4.69, 9.17) is 9.72 Å². The molecule has 1 fully saturated rings. The van der Waals surface area contributed by atoms with Gasteiger partial charge in [0.1, 0.15) is 11.6 Å². The molecule has 0 bridgehead atoms. The largest absolute Gasteiger partial charge is 0.477 e. The number of rotatable bonds is 10. The molecule has 1 atom stereocenters. The maximum absolute atomic E-state index is 13.7. The highest BCUT2D eigenvalue weighted by atomic mass is 19.3. The van der Waals surface area contributed by atoms with Gasteiger partial charge in [-0.15, -0.1) is 0 Å². The number of fused-ring (bicyclic) bond motifs is 1. The van der Waals surface area contributed by atoms with E-state index in [0.29, 0.717) is 11.1 Å². The van der Waals surface area contributed by atoms with E-state index in [1.54, 1.807) is 42.7 Å². The van der Waals surface area contributed by atoms with Crippen molar-refractivity contribution in [3.05, 3.63) is 74.8 Å². The number of hydrogen-bond acceptors (Lipinski definition) is 6. The van der Waals surface area contributed by atoms with E-state index in [2.05, 4.69) is 4.98 Å². The van der Waals surface area contributed by atoms with Crippen molar-refractivity contribution in [2.45, 2.75) is 51.7 Å².